The normalized spacial score (nSPS) is 16.8. The van der Waals surface area contributed by atoms with E-state index in [9.17, 15) is 4.79 Å². The molecule has 2 heterocycles. The number of hydrogen-bond donors (Lipinski definition) is 2. The van der Waals surface area contributed by atoms with Crippen LogP contribution in [0.4, 0.5) is 5.69 Å². The van der Waals surface area contributed by atoms with E-state index in [2.05, 4.69) is 10.6 Å². The van der Waals surface area contributed by atoms with Crippen LogP contribution in [-0.4, -0.2) is 18.5 Å². The quantitative estimate of drug-likeness (QED) is 0.850. The molecule has 0 aliphatic carbocycles. The van der Waals surface area contributed by atoms with Crippen LogP contribution in [0.3, 0.4) is 0 Å². The molecule has 1 fully saturated rings. The van der Waals surface area contributed by atoms with E-state index >= 15 is 0 Å². The maximum Gasteiger partial charge on any atom is 0.241 e. The third kappa shape index (κ3) is 5.10. The second-order valence-corrected chi connectivity index (χ2v) is 5.41. The molecule has 1 aromatic heterocycles. The number of furan rings is 1. The predicted molar refractivity (Wildman–Crippen MR) is 90.5 cm³/mol. The van der Waals surface area contributed by atoms with Crippen molar-refractivity contribution in [3.05, 3.63) is 54.0 Å². The molecule has 1 unspecified atom stereocenters. The Labute approximate surface area is 141 Å². The summed E-state index contributed by atoms with van der Waals surface area (Å²) in [5.41, 5.74) is 1.82. The van der Waals surface area contributed by atoms with E-state index in [4.69, 9.17) is 9.15 Å². The van der Waals surface area contributed by atoms with Crippen molar-refractivity contribution < 1.29 is 13.9 Å². The van der Waals surface area contributed by atoms with Crippen LogP contribution in [0.25, 0.3) is 0 Å². The highest BCUT2D eigenvalue weighted by Crippen LogP contribution is 2.14. The summed E-state index contributed by atoms with van der Waals surface area (Å²) in [6, 6.07) is 11.4. The molecule has 6 heteroatoms. The molecule has 0 radical (unpaired) electrons. The number of amides is 1. The van der Waals surface area contributed by atoms with Crippen molar-refractivity contribution in [2.75, 3.05) is 11.9 Å². The van der Waals surface area contributed by atoms with Crippen molar-refractivity contribution in [3.63, 3.8) is 0 Å². The predicted octanol–water partition coefficient (Wildman–Crippen LogP) is 3.11. The monoisotopic (exact) mass is 336 g/mol. The molecule has 5 nitrogen and oxygen atoms in total. The zero-order valence-electron chi connectivity index (χ0n) is 12.8. The van der Waals surface area contributed by atoms with Gasteiger partial charge in [-0.05, 0) is 49.2 Å². The first-order chi connectivity index (χ1) is 10.8. The van der Waals surface area contributed by atoms with Gasteiger partial charge in [-0.3, -0.25) is 4.79 Å². The Morgan fingerprint density at radius 1 is 1.30 bits per heavy atom. The standard InChI is InChI=1S/C17H20N2O3.ClH/c20-17(16-7-2-8-18-16)19-14-5-1-4-13(10-14)11-21-12-15-6-3-9-22-15;/h1,3-6,9-10,16,18H,2,7-8,11-12H2,(H,19,20);1H. The fourth-order valence-corrected chi connectivity index (χ4v) is 2.54. The average Bonchev–Trinajstić information content (AvgIpc) is 3.21. The number of carbonyl (C=O) groups is 1. The maximum atomic E-state index is 12.1. The van der Waals surface area contributed by atoms with Gasteiger partial charge in [0, 0.05) is 5.69 Å². The van der Waals surface area contributed by atoms with E-state index in [0.717, 1.165) is 36.4 Å². The van der Waals surface area contributed by atoms with Gasteiger partial charge in [0.2, 0.25) is 5.91 Å². The maximum absolute atomic E-state index is 12.1. The Morgan fingerprint density at radius 3 is 2.96 bits per heavy atom. The van der Waals surface area contributed by atoms with Crippen LogP contribution in [0.2, 0.25) is 0 Å². The molecule has 1 aliphatic heterocycles. The van der Waals surface area contributed by atoms with Gasteiger partial charge in [-0.1, -0.05) is 12.1 Å². The van der Waals surface area contributed by atoms with Crippen LogP contribution in [0, 0.1) is 0 Å². The highest BCUT2D eigenvalue weighted by molar-refractivity contribution is 5.95. The van der Waals surface area contributed by atoms with Crippen LogP contribution >= 0.6 is 12.4 Å². The molecule has 0 bridgehead atoms. The number of benzene rings is 1. The van der Waals surface area contributed by atoms with Crippen molar-refractivity contribution in [1.82, 2.24) is 5.32 Å². The first-order valence-electron chi connectivity index (χ1n) is 7.54. The lowest BCUT2D eigenvalue weighted by Gasteiger charge is -2.12. The summed E-state index contributed by atoms with van der Waals surface area (Å²) in [6.45, 7) is 1.83. The zero-order valence-corrected chi connectivity index (χ0v) is 13.6. The minimum atomic E-state index is -0.0705. The summed E-state index contributed by atoms with van der Waals surface area (Å²) < 4.78 is 10.8. The van der Waals surface area contributed by atoms with Gasteiger partial charge in [0.1, 0.15) is 12.4 Å². The van der Waals surface area contributed by atoms with Gasteiger partial charge in [-0.25, -0.2) is 0 Å². The van der Waals surface area contributed by atoms with Crippen LogP contribution in [0.5, 0.6) is 0 Å². The Kier molecular flexibility index (Phi) is 6.65. The summed E-state index contributed by atoms with van der Waals surface area (Å²) in [5, 5.41) is 6.15. The van der Waals surface area contributed by atoms with Gasteiger partial charge in [-0.2, -0.15) is 0 Å². The van der Waals surface area contributed by atoms with Gasteiger partial charge < -0.3 is 19.8 Å². The molecule has 0 saturated carbocycles. The fraction of sp³-hybridized carbons (Fsp3) is 0.353. The molecule has 23 heavy (non-hydrogen) atoms. The molecule has 1 aromatic carbocycles. The van der Waals surface area contributed by atoms with Crippen molar-refractivity contribution in [3.8, 4) is 0 Å². The first kappa shape index (κ1) is 17.5. The second kappa shape index (κ2) is 8.72. The molecule has 1 atom stereocenters. The van der Waals surface area contributed by atoms with Gasteiger partial charge in [0.25, 0.3) is 0 Å². The molecule has 1 amide bonds. The number of ether oxygens (including phenoxy) is 1. The van der Waals surface area contributed by atoms with E-state index in [1.165, 1.54) is 0 Å². The molecule has 124 valence electrons. The van der Waals surface area contributed by atoms with E-state index < -0.39 is 0 Å². The van der Waals surface area contributed by atoms with Crippen LogP contribution < -0.4 is 10.6 Å². The van der Waals surface area contributed by atoms with E-state index in [1.807, 2.05) is 36.4 Å². The van der Waals surface area contributed by atoms with Crippen LogP contribution in [-0.2, 0) is 22.7 Å². The number of hydrogen-bond acceptors (Lipinski definition) is 4. The van der Waals surface area contributed by atoms with E-state index in [1.54, 1.807) is 6.26 Å². The van der Waals surface area contributed by atoms with E-state index in [0.29, 0.717) is 13.2 Å². The average molecular weight is 337 g/mol. The first-order valence-corrected chi connectivity index (χ1v) is 7.54. The summed E-state index contributed by atoms with van der Waals surface area (Å²) in [7, 11) is 0. The molecular formula is C17H21ClN2O3. The molecule has 2 N–H and O–H groups in total. The number of halogens is 1. The Hall–Kier alpha value is -1.82. The number of carbonyl (C=O) groups excluding carboxylic acids is 1. The van der Waals surface area contributed by atoms with Crippen molar-refractivity contribution in [2.24, 2.45) is 0 Å². The fourth-order valence-electron chi connectivity index (χ4n) is 2.54. The molecule has 2 aromatic rings. The van der Waals surface area contributed by atoms with Crippen LogP contribution in [0.1, 0.15) is 24.2 Å². The highest BCUT2D eigenvalue weighted by Gasteiger charge is 2.21. The topological polar surface area (TPSA) is 63.5 Å². The highest BCUT2D eigenvalue weighted by atomic mass is 35.5. The second-order valence-electron chi connectivity index (χ2n) is 5.41. The number of anilines is 1. The lowest BCUT2D eigenvalue weighted by atomic mass is 10.2. The van der Waals surface area contributed by atoms with Gasteiger partial charge in [0.05, 0.1) is 18.9 Å². The summed E-state index contributed by atoms with van der Waals surface area (Å²) in [5.74, 6) is 0.836. The van der Waals surface area contributed by atoms with Gasteiger partial charge in [0.15, 0.2) is 0 Å². The van der Waals surface area contributed by atoms with Crippen molar-refractivity contribution in [1.29, 1.82) is 0 Å². The minimum Gasteiger partial charge on any atom is -0.467 e. The van der Waals surface area contributed by atoms with E-state index in [-0.39, 0.29) is 24.4 Å². The lowest BCUT2D eigenvalue weighted by molar-refractivity contribution is -0.117. The van der Waals surface area contributed by atoms with Crippen molar-refractivity contribution in [2.45, 2.75) is 32.1 Å². The SMILES string of the molecule is Cl.O=C(Nc1cccc(COCc2ccco2)c1)C1CCCN1. The summed E-state index contributed by atoms with van der Waals surface area (Å²) in [4.78, 5) is 12.1. The molecular weight excluding hydrogens is 316 g/mol. The third-order valence-electron chi connectivity index (χ3n) is 3.66. The van der Waals surface area contributed by atoms with Gasteiger partial charge in [-0.15, -0.1) is 12.4 Å². The van der Waals surface area contributed by atoms with Crippen LogP contribution in [0.15, 0.2) is 47.1 Å². The molecule has 1 saturated heterocycles. The van der Waals surface area contributed by atoms with Gasteiger partial charge >= 0.3 is 0 Å². The number of nitrogens with one attached hydrogen (secondary N) is 2. The minimum absolute atomic E-state index is 0. The number of rotatable bonds is 6. The Balaban J connectivity index is 0.00000192. The van der Waals surface area contributed by atoms with Crippen molar-refractivity contribution >= 4 is 24.0 Å². The Bertz CT molecular complexity index is 610. The summed E-state index contributed by atoms with van der Waals surface area (Å²) in [6.07, 6.45) is 3.59. The lowest BCUT2D eigenvalue weighted by Crippen LogP contribution is -2.35. The zero-order chi connectivity index (χ0) is 15.2. The smallest absolute Gasteiger partial charge is 0.241 e. The third-order valence-corrected chi connectivity index (χ3v) is 3.66. The Morgan fingerprint density at radius 2 is 2.22 bits per heavy atom. The molecule has 3 rings (SSSR count). The summed E-state index contributed by atoms with van der Waals surface area (Å²) >= 11 is 0. The molecule has 0 spiro atoms. The largest absolute Gasteiger partial charge is 0.467 e. The molecule has 1 aliphatic rings.